The Hall–Kier alpha value is -0.640. The van der Waals surface area contributed by atoms with Gasteiger partial charge in [-0.25, -0.2) is 0 Å². The predicted octanol–water partition coefficient (Wildman–Crippen LogP) is 4.44. The van der Waals surface area contributed by atoms with E-state index in [1.54, 1.807) is 11.3 Å². The molecule has 2 rings (SSSR count). The highest BCUT2D eigenvalue weighted by Crippen LogP contribution is 2.31. The lowest BCUT2D eigenvalue weighted by atomic mass is 10.00. The van der Waals surface area contributed by atoms with Crippen molar-refractivity contribution in [3.05, 3.63) is 55.7 Å². The lowest BCUT2D eigenvalue weighted by Gasteiger charge is -2.17. The van der Waals surface area contributed by atoms with Gasteiger partial charge in [-0.2, -0.15) is 0 Å². The fourth-order valence-corrected chi connectivity index (χ4v) is 3.44. The summed E-state index contributed by atoms with van der Waals surface area (Å²) in [6.45, 7) is 4.25. The molecular formula is C14H16BrNS. The van der Waals surface area contributed by atoms with E-state index in [1.165, 1.54) is 26.0 Å². The molecule has 0 aliphatic heterocycles. The Bertz CT molecular complexity index is 519. The van der Waals surface area contributed by atoms with E-state index in [0.29, 0.717) is 0 Å². The van der Waals surface area contributed by atoms with Crippen molar-refractivity contribution >= 4 is 27.3 Å². The van der Waals surface area contributed by atoms with Crippen molar-refractivity contribution in [3.8, 4) is 0 Å². The van der Waals surface area contributed by atoms with Crippen LogP contribution >= 0.6 is 27.3 Å². The van der Waals surface area contributed by atoms with Crippen molar-refractivity contribution in [2.75, 3.05) is 7.05 Å². The maximum Gasteiger partial charge on any atom is 0.0593 e. The third-order valence-corrected chi connectivity index (χ3v) is 4.41. The molecule has 0 aliphatic carbocycles. The molecule has 1 aromatic carbocycles. The van der Waals surface area contributed by atoms with Crippen LogP contribution in [0.1, 0.15) is 27.6 Å². The molecule has 1 heterocycles. The van der Waals surface area contributed by atoms with E-state index < -0.39 is 0 Å². The van der Waals surface area contributed by atoms with E-state index in [1.807, 2.05) is 7.05 Å². The first-order chi connectivity index (χ1) is 8.11. The van der Waals surface area contributed by atoms with Crippen LogP contribution in [0.5, 0.6) is 0 Å². The lowest BCUT2D eigenvalue weighted by molar-refractivity contribution is 0.691. The average molecular weight is 310 g/mol. The summed E-state index contributed by atoms with van der Waals surface area (Å²) in [5.74, 6) is 0. The molecular weight excluding hydrogens is 294 g/mol. The summed E-state index contributed by atoms with van der Waals surface area (Å²) in [7, 11) is 2.00. The van der Waals surface area contributed by atoms with E-state index >= 15 is 0 Å². The largest absolute Gasteiger partial charge is 0.309 e. The number of hydrogen-bond acceptors (Lipinski definition) is 2. The number of thiophene rings is 1. The second-order valence-electron chi connectivity index (χ2n) is 4.24. The molecule has 0 radical (unpaired) electrons. The first-order valence-electron chi connectivity index (χ1n) is 5.60. The molecule has 1 atom stereocenters. The first-order valence-corrected chi connectivity index (χ1v) is 7.27. The van der Waals surface area contributed by atoms with Gasteiger partial charge in [-0.1, -0.05) is 28.1 Å². The van der Waals surface area contributed by atoms with Crippen LogP contribution < -0.4 is 5.32 Å². The standard InChI is InChI=1S/C14H16BrNS/c1-9-4-5-12(13(15)6-9)14(16-3)11-7-10(2)17-8-11/h4-8,14,16H,1-3H3. The van der Waals surface area contributed by atoms with Crippen LogP contribution in [0, 0.1) is 13.8 Å². The van der Waals surface area contributed by atoms with Crippen molar-refractivity contribution in [3.63, 3.8) is 0 Å². The van der Waals surface area contributed by atoms with Crippen molar-refractivity contribution < 1.29 is 0 Å². The molecule has 1 unspecified atom stereocenters. The van der Waals surface area contributed by atoms with E-state index in [0.717, 1.165) is 0 Å². The molecule has 0 amide bonds. The van der Waals surface area contributed by atoms with Crippen molar-refractivity contribution in [2.45, 2.75) is 19.9 Å². The number of rotatable bonds is 3. The summed E-state index contributed by atoms with van der Waals surface area (Å²) in [4.78, 5) is 1.35. The summed E-state index contributed by atoms with van der Waals surface area (Å²) in [5.41, 5.74) is 3.90. The topological polar surface area (TPSA) is 12.0 Å². The van der Waals surface area contributed by atoms with E-state index in [4.69, 9.17) is 0 Å². The van der Waals surface area contributed by atoms with Crippen LogP contribution in [-0.4, -0.2) is 7.05 Å². The number of benzene rings is 1. The van der Waals surface area contributed by atoms with Crippen molar-refractivity contribution in [1.29, 1.82) is 0 Å². The van der Waals surface area contributed by atoms with Gasteiger partial charge in [0.2, 0.25) is 0 Å². The zero-order valence-electron chi connectivity index (χ0n) is 10.3. The summed E-state index contributed by atoms with van der Waals surface area (Å²) >= 11 is 5.45. The number of aryl methyl sites for hydroxylation is 2. The Morgan fingerprint density at radius 3 is 2.53 bits per heavy atom. The van der Waals surface area contributed by atoms with Gasteiger partial charge in [0.05, 0.1) is 6.04 Å². The maximum absolute atomic E-state index is 3.66. The SMILES string of the molecule is CNC(c1csc(C)c1)c1ccc(C)cc1Br. The fourth-order valence-electron chi connectivity index (χ4n) is 1.98. The minimum Gasteiger partial charge on any atom is -0.309 e. The maximum atomic E-state index is 3.66. The second kappa shape index (κ2) is 5.34. The molecule has 0 spiro atoms. The lowest BCUT2D eigenvalue weighted by Crippen LogP contribution is -2.17. The monoisotopic (exact) mass is 309 g/mol. The number of nitrogens with one attached hydrogen (secondary N) is 1. The predicted molar refractivity (Wildman–Crippen MR) is 78.8 cm³/mol. The van der Waals surface area contributed by atoms with E-state index in [9.17, 15) is 0 Å². The molecule has 0 bridgehead atoms. The number of hydrogen-bond donors (Lipinski definition) is 1. The third kappa shape index (κ3) is 2.79. The zero-order valence-corrected chi connectivity index (χ0v) is 12.7. The highest BCUT2D eigenvalue weighted by Gasteiger charge is 2.15. The highest BCUT2D eigenvalue weighted by molar-refractivity contribution is 9.10. The normalized spacial score (nSPS) is 12.7. The van der Waals surface area contributed by atoms with Crippen LogP contribution in [0.2, 0.25) is 0 Å². The zero-order chi connectivity index (χ0) is 12.4. The highest BCUT2D eigenvalue weighted by atomic mass is 79.9. The summed E-state index contributed by atoms with van der Waals surface area (Å²) in [6, 6.07) is 9.02. The molecule has 1 N–H and O–H groups in total. The molecule has 17 heavy (non-hydrogen) atoms. The molecule has 1 aromatic heterocycles. The fraction of sp³-hybridized carbons (Fsp3) is 0.286. The molecule has 0 saturated heterocycles. The van der Waals surface area contributed by atoms with Crippen LogP contribution in [-0.2, 0) is 0 Å². The summed E-state index contributed by atoms with van der Waals surface area (Å²) < 4.78 is 1.17. The van der Waals surface area contributed by atoms with Crippen LogP contribution in [0.3, 0.4) is 0 Å². The Morgan fingerprint density at radius 1 is 1.24 bits per heavy atom. The van der Waals surface area contributed by atoms with Gasteiger partial charge in [-0.05, 0) is 55.1 Å². The Balaban J connectivity index is 2.42. The van der Waals surface area contributed by atoms with Gasteiger partial charge in [0, 0.05) is 9.35 Å². The third-order valence-electron chi connectivity index (χ3n) is 2.84. The molecule has 90 valence electrons. The van der Waals surface area contributed by atoms with Crippen molar-refractivity contribution in [2.24, 2.45) is 0 Å². The van der Waals surface area contributed by atoms with E-state index in [2.05, 4.69) is 64.7 Å². The summed E-state index contributed by atoms with van der Waals surface area (Å²) in [5, 5.41) is 5.61. The van der Waals surface area contributed by atoms with Crippen LogP contribution in [0.4, 0.5) is 0 Å². The Labute approximate surface area is 115 Å². The second-order valence-corrected chi connectivity index (χ2v) is 6.21. The van der Waals surface area contributed by atoms with Gasteiger partial charge in [-0.3, -0.25) is 0 Å². The van der Waals surface area contributed by atoms with Gasteiger partial charge in [0.25, 0.3) is 0 Å². The Morgan fingerprint density at radius 2 is 2.00 bits per heavy atom. The van der Waals surface area contributed by atoms with Gasteiger partial charge >= 0.3 is 0 Å². The minimum atomic E-state index is 0.259. The van der Waals surface area contributed by atoms with Gasteiger partial charge < -0.3 is 5.32 Å². The molecule has 3 heteroatoms. The summed E-state index contributed by atoms with van der Waals surface area (Å²) in [6.07, 6.45) is 0. The van der Waals surface area contributed by atoms with Gasteiger partial charge in [0.1, 0.15) is 0 Å². The van der Waals surface area contributed by atoms with Crippen LogP contribution in [0.25, 0.3) is 0 Å². The molecule has 0 saturated carbocycles. The van der Waals surface area contributed by atoms with Gasteiger partial charge in [0.15, 0.2) is 0 Å². The smallest absolute Gasteiger partial charge is 0.0593 e. The quantitative estimate of drug-likeness (QED) is 0.884. The van der Waals surface area contributed by atoms with E-state index in [-0.39, 0.29) is 6.04 Å². The minimum absolute atomic E-state index is 0.259. The average Bonchev–Trinajstić information content (AvgIpc) is 2.69. The molecule has 1 nitrogen and oxygen atoms in total. The van der Waals surface area contributed by atoms with Crippen molar-refractivity contribution in [1.82, 2.24) is 5.32 Å². The molecule has 0 aliphatic rings. The Kier molecular flexibility index (Phi) is 4.02. The van der Waals surface area contributed by atoms with Crippen LogP contribution in [0.15, 0.2) is 34.1 Å². The van der Waals surface area contributed by atoms with Gasteiger partial charge in [-0.15, -0.1) is 11.3 Å². The number of halogens is 1. The molecule has 2 aromatic rings. The first kappa shape index (κ1) is 12.8. The molecule has 0 fully saturated rings.